The van der Waals surface area contributed by atoms with Crippen LogP contribution in [-0.4, -0.2) is 15.9 Å². The number of benzene rings is 1. The molecule has 1 amide bonds. The third-order valence-electron chi connectivity index (χ3n) is 3.94. The molecule has 0 saturated heterocycles. The number of nitrogens with one attached hydrogen (secondary N) is 1. The average Bonchev–Trinajstić information content (AvgIpc) is 3.00. The Kier molecular flexibility index (Phi) is 5.24. The van der Waals surface area contributed by atoms with Crippen molar-refractivity contribution in [2.24, 2.45) is 0 Å². The van der Waals surface area contributed by atoms with Gasteiger partial charge in [-0.3, -0.25) is 15.1 Å². The Labute approximate surface area is 152 Å². The van der Waals surface area contributed by atoms with E-state index in [-0.39, 0.29) is 5.91 Å². The molecule has 0 aliphatic carbocycles. The minimum atomic E-state index is -0.232. The van der Waals surface area contributed by atoms with E-state index in [1.54, 1.807) is 35.7 Å². The van der Waals surface area contributed by atoms with Crippen molar-refractivity contribution < 1.29 is 4.79 Å². The molecule has 3 rings (SSSR count). The number of aromatic nitrogens is 2. The van der Waals surface area contributed by atoms with Gasteiger partial charge in [-0.15, -0.1) is 11.3 Å². The minimum absolute atomic E-state index is 0.232. The third-order valence-corrected chi connectivity index (χ3v) is 4.97. The number of hydrogen-bond donors (Lipinski definition) is 1. The van der Waals surface area contributed by atoms with Crippen molar-refractivity contribution in [1.82, 2.24) is 9.97 Å². The number of aryl methyl sites for hydroxylation is 3. The predicted octanol–water partition coefficient (Wildman–Crippen LogP) is 5.03. The van der Waals surface area contributed by atoms with Crippen LogP contribution in [0.15, 0.2) is 42.6 Å². The van der Waals surface area contributed by atoms with Gasteiger partial charge < -0.3 is 0 Å². The molecule has 0 saturated carbocycles. The van der Waals surface area contributed by atoms with Crippen LogP contribution in [0.25, 0.3) is 11.3 Å². The summed E-state index contributed by atoms with van der Waals surface area (Å²) in [6, 6.07) is 11.7. The molecule has 4 nitrogen and oxygen atoms in total. The first-order valence-electron chi connectivity index (χ1n) is 8.38. The second kappa shape index (κ2) is 7.57. The van der Waals surface area contributed by atoms with Crippen molar-refractivity contribution in [2.75, 3.05) is 5.32 Å². The third kappa shape index (κ3) is 3.94. The normalized spacial score (nSPS) is 10.7. The summed E-state index contributed by atoms with van der Waals surface area (Å²) in [4.78, 5) is 22.4. The van der Waals surface area contributed by atoms with Gasteiger partial charge in [0.15, 0.2) is 5.13 Å². The van der Waals surface area contributed by atoms with E-state index in [0.29, 0.717) is 10.8 Å². The number of nitrogens with zero attached hydrogens (tertiary/aromatic N) is 2. The summed E-state index contributed by atoms with van der Waals surface area (Å²) in [6.07, 6.45) is 3.59. The molecule has 3 aromatic rings. The van der Waals surface area contributed by atoms with Crippen LogP contribution >= 0.6 is 11.3 Å². The van der Waals surface area contributed by atoms with E-state index in [1.165, 1.54) is 16.0 Å². The van der Waals surface area contributed by atoms with Crippen LogP contribution in [0.3, 0.4) is 0 Å². The SMILES string of the molecule is CCCc1sc(NC(=O)c2ccccn2)nc1-c1cc(C)ccc1C. The Morgan fingerprint density at radius 2 is 2.04 bits per heavy atom. The zero-order valence-corrected chi connectivity index (χ0v) is 15.5. The summed E-state index contributed by atoms with van der Waals surface area (Å²) in [7, 11) is 0. The topological polar surface area (TPSA) is 54.9 Å². The lowest BCUT2D eigenvalue weighted by Gasteiger charge is -2.06. The van der Waals surface area contributed by atoms with E-state index < -0.39 is 0 Å². The molecule has 2 heterocycles. The fraction of sp³-hybridized carbons (Fsp3) is 0.250. The highest BCUT2D eigenvalue weighted by atomic mass is 32.1. The molecule has 0 aliphatic heterocycles. The molecule has 0 radical (unpaired) electrons. The van der Waals surface area contributed by atoms with Gasteiger partial charge in [0.05, 0.1) is 5.69 Å². The smallest absolute Gasteiger partial charge is 0.276 e. The van der Waals surface area contributed by atoms with Crippen LogP contribution < -0.4 is 5.32 Å². The van der Waals surface area contributed by atoms with Crippen molar-refractivity contribution in [3.63, 3.8) is 0 Å². The van der Waals surface area contributed by atoms with Crippen LogP contribution in [0.1, 0.15) is 39.8 Å². The van der Waals surface area contributed by atoms with Gasteiger partial charge in [0.25, 0.3) is 5.91 Å². The van der Waals surface area contributed by atoms with Crippen molar-refractivity contribution in [1.29, 1.82) is 0 Å². The van der Waals surface area contributed by atoms with Gasteiger partial charge in [0.1, 0.15) is 5.69 Å². The van der Waals surface area contributed by atoms with Gasteiger partial charge in [-0.1, -0.05) is 37.1 Å². The van der Waals surface area contributed by atoms with E-state index in [1.807, 2.05) is 0 Å². The molecule has 0 bridgehead atoms. The standard InChI is InChI=1S/C20H21N3OS/c1-4-7-17-18(15-12-13(2)9-10-14(15)3)22-20(25-17)23-19(24)16-8-5-6-11-21-16/h5-6,8-12H,4,7H2,1-3H3,(H,22,23,24). The molecule has 2 aromatic heterocycles. The maximum absolute atomic E-state index is 12.3. The van der Waals surface area contributed by atoms with Gasteiger partial charge in [-0.05, 0) is 44.0 Å². The minimum Gasteiger partial charge on any atom is -0.296 e. The maximum Gasteiger partial charge on any atom is 0.276 e. The monoisotopic (exact) mass is 351 g/mol. The summed E-state index contributed by atoms with van der Waals surface area (Å²) < 4.78 is 0. The molecule has 0 aliphatic rings. The summed E-state index contributed by atoms with van der Waals surface area (Å²) in [5.74, 6) is -0.232. The summed E-state index contributed by atoms with van der Waals surface area (Å²) in [5.41, 5.74) is 4.90. The lowest BCUT2D eigenvalue weighted by Crippen LogP contribution is -2.13. The number of amides is 1. The van der Waals surface area contributed by atoms with Crippen LogP contribution in [0.5, 0.6) is 0 Å². The number of carbonyl (C=O) groups is 1. The van der Waals surface area contributed by atoms with Crippen molar-refractivity contribution >= 4 is 22.4 Å². The van der Waals surface area contributed by atoms with Crippen LogP contribution in [0, 0.1) is 13.8 Å². The molecule has 5 heteroatoms. The first-order valence-corrected chi connectivity index (χ1v) is 9.20. The second-order valence-corrected chi connectivity index (χ2v) is 7.11. The van der Waals surface area contributed by atoms with E-state index in [0.717, 1.165) is 24.1 Å². The highest BCUT2D eigenvalue weighted by Gasteiger charge is 2.17. The van der Waals surface area contributed by atoms with Crippen LogP contribution in [0.4, 0.5) is 5.13 Å². The molecule has 0 fully saturated rings. The first kappa shape index (κ1) is 17.3. The number of hydrogen-bond acceptors (Lipinski definition) is 4. The molecule has 1 aromatic carbocycles. The molecular weight excluding hydrogens is 330 g/mol. The zero-order valence-electron chi connectivity index (χ0n) is 14.7. The Hall–Kier alpha value is -2.53. The summed E-state index contributed by atoms with van der Waals surface area (Å²) in [5, 5.41) is 3.51. The second-order valence-electron chi connectivity index (χ2n) is 6.03. The largest absolute Gasteiger partial charge is 0.296 e. The Bertz CT molecular complexity index is 887. The van der Waals surface area contributed by atoms with Crippen LogP contribution in [-0.2, 0) is 6.42 Å². The molecule has 0 spiro atoms. The van der Waals surface area contributed by atoms with E-state index in [2.05, 4.69) is 49.3 Å². The quantitative estimate of drug-likeness (QED) is 0.701. The molecule has 0 unspecified atom stereocenters. The van der Waals surface area contributed by atoms with Crippen LogP contribution in [0.2, 0.25) is 0 Å². The Balaban J connectivity index is 1.95. The van der Waals surface area contributed by atoms with Gasteiger partial charge in [-0.2, -0.15) is 0 Å². The number of rotatable bonds is 5. The Morgan fingerprint density at radius 3 is 2.76 bits per heavy atom. The zero-order chi connectivity index (χ0) is 17.8. The van der Waals surface area contributed by atoms with E-state index >= 15 is 0 Å². The van der Waals surface area contributed by atoms with E-state index in [4.69, 9.17) is 4.98 Å². The fourth-order valence-corrected chi connectivity index (χ4v) is 3.73. The number of thiazole rings is 1. The number of anilines is 1. The molecule has 0 atom stereocenters. The highest BCUT2D eigenvalue weighted by Crippen LogP contribution is 2.34. The molecule has 128 valence electrons. The Morgan fingerprint density at radius 1 is 1.20 bits per heavy atom. The fourth-order valence-electron chi connectivity index (χ4n) is 2.66. The average molecular weight is 351 g/mol. The summed E-state index contributed by atoms with van der Waals surface area (Å²) in [6.45, 7) is 6.33. The summed E-state index contributed by atoms with van der Waals surface area (Å²) >= 11 is 1.55. The number of carbonyl (C=O) groups excluding carboxylic acids is 1. The lowest BCUT2D eigenvalue weighted by atomic mass is 10.0. The van der Waals surface area contributed by atoms with Crippen molar-refractivity contribution in [2.45, 2.75) is 33.6 Å². The van der Waals surface area contributed by atoms with Gasteiger partial charge >= 0.3 is 0 Å². The van der Waals surface area contributed by atoms with Crippen molar-refractivity contribution in [3.05, 3.63) is 64.3 Å². The first-order chi connectivity index (χ1) is 12.1. The molecule has 25 heavy (non-hydrogen) atoms. The lowest BCUT2D eigenvalue weighted by molar-refractivity contribution is 0.102. The van der Waals surface area contributed by atoms with Gasteiger partial charge in [0.2, 0.25) is 0 Å². The maximum atomic E-state index is 12.3. The van der Waals surface area contributed by atoms with Gasteiger partial charge in [0, 0.05) is 16.6 Å². The molecule has 1 N–H and O–H groups in total. The van der Waals surface area contributed by atoms with E-state index in [9.17, 15) is 4.79 Å². The molecular formula is C20H21N3OS. The predicted molar refractivity (Wildman–Crippen MR) is 103 cm³/mol. The van der Waals surface area contributed by atoms with Crippen molar-refractivity contribution in [3.8, 4) is 11.3 Å². The number of pyridine rings is 1. The van der Waals surface area contributed by atoms with Gasteiger partial charge in [-0.25, -0.2) is 4.98 Å². The highest BCUT2D eigenvalue weighted by molar-refractivity contribution is 7.16.